The molecule has 0 spiro atoms. The van der Waals surface area contributed by atoms with Crippen LogP contribution < -0.4 is 9.47 Å². The molecule has 0 bridgehead atoms. The molecule has 0 aliphatic heterocycles. The van der Waals surface area contributed by atoms with Crippen molar-refractivity contribution in [2.75, 3.05) is 13.7 Å². The molecule has 0 radical (unpaired) electrons. The van der Waals surface area contributed by atoms with Crippen LogP contribution in [0.3, 0.4) is 0 Å². The van der Waals surface area contributed by atoms with Gasteiger partial charge in [-0.1, -0.05) is 18.2 Å². The number of methoxy groups -OCH3 is 1. The first-order chi connectivity index (χ1) is 9.19. The Balaban J connectivity index is 2.64. The number of nitrogens with one attached hydrogen (secondary N) is 1. The third-order valence-electron chi connectivity index (χ3n) is 2.60. The molecule has 2 N–H and O–H groups in total. The number of hydrogen-bond donors (Lipinski definition) is 2. The molecule has 1 aromatic carbocycles. The fourth-order valence-corrected chi connectivity index (χ4v) is 1.82. The molecule has 0 saturated carbocycles. The maximum absolute atomic E-state index is 11.2. The van der Waals surface area contributed by atoms with E-state index >= 15 is 0 Å². The lowest BCUT2D eigenvalue weighted by Crippen LogP contribution is -2.01. The monoisotopic (exact) mass is 262 g/mol. The van der Waals surface area contributed by atoms with Gasteiger partial charge in [0.1, 0.15) is 5.75 Å². The predicted molar refractivity (Wildman–Crippen MR) is 68.7 cm³/mol. The Morgan fingerprint density at radius 2 is 2.16 bits per heavy atom. The second kappa shape index (κ2) is 5.43. The van der Waals surface area contributed by atoms with Crippen molar-refractivity contribution in [3.63, 3.8) is 0 Å². The summed E-state index contributed by atoms with van der Waals surface area (Å²) in [6.45, 7) is 2.20. The molecular weight excluding hydrogens is 248 g/mol. The first-order valence-electron chi connectivity index (χ1n) is 5.76. The smallest absolute Gasteiger partial charge is 0.354 e. The Hall–Kier alpha value is -2.50. The van der Waals surface area contributed by atoms with E-state index in [1.807, 2.05) is 6.07 Å². The van der Waals surface area contributed by atoms with Crippen molar-refractivity contribution in [2.45, 2.75) is 6.92 Å². The zero-order valence-corrected chi connectivity index (χ0v) is 10.6. The summed E-state index contributed by atoms with van der Waals surface area (Å²) >= 11 is 0. The van der Waals surface area contributed by atoms with Gasteiger partial charge in [-0.3, -0.25) is 5.10 Å². The standard InChI is InChI=1S/C13H14N2O4/c1-3-19-12-10(11(13(16)17)14-15-12)8-6-4-5-7-9(8)18-2/h4-7H,3H2,1-2H3,(H,14,15)(H,16,17). The van der Waals surface area contributed by atoms with Gasteiger partial charge in [0, 0.05) is 5.56 Å². The topological polar surface area (TPSA) is 84.4 Å². The molecule has 2 rings (SSSR count). The van der Waals surface area contributed by atoms with Gasteiger partial charge in [0.25, 0.3) is 0 Å². The molecule has 1 aromatic heterocycles. The first-order valence-corrected chi connectivity index (χ1v) is 5.76. The summed E-state index contributed by atoms with van der Waals surface area (Å²) in [4.78, 5) is 11.2. The van der Waals surface area contributed by atoms with Crippen LogP contribution in [0.15, 0.2) is 24.3 Å². The van der Waals surface area contributed by atoms with Gasteiger partial charge in [0.2, 0.25) is 5.88 Å². The van der Waals surface area contributed by atoms with Crippen molar-refractivity contribution in [1.29, 1.82) is 0 Å². The third kappa shape index (κ3) is 2.37. The van der Waals surface area contributed by atoms with E-state index in [4.69, 9.17) is 9.47 Å². The Morgan fingerprint density at radius 3 is 2.79 bits per heavy atom. The van der Waals surface area contributed by atoms with Crippen LogP contribution in [0.1, 0.15) is 17.4 Å². The van der Waals surface area contributed by atoms with Crippen LogP contribution in [-0.4, -0.2) is 35.0 Å². The Morgan fingerprint density at radius 1 is 1.42 bits per heavy atom. The average molecular weight is 262 g/mol. The van der Waals surface area contributed by atoms with Crippen LogP contribution >= 0.6 is 0 Å². The molecule has 19 heavy (non-hydrogen) atoms. The normalized spacial score (nSPS) is 10.2. The van der Waals surface area contributed by atoms with Crippen LogP contribution in [-0.2, 0) is 0 Å². The van der Waals surface area contributed by atoms with Gasteiger partial charge in [0.05, 0.1) is 19.3 Å². The highest BCUT2D eigenvalue weighted by molar-refractivity contribution is 5.96. The molecule has 0 aliphatic rings. The van der Waals surface area contributed by atoms with E-state index in [9.17, 15) is 9.90 Å². The summed E-state index contributed by atoms with van der Waals surface area (Å²) < 4.78 is 10.6. The lowest BCUT2D eigenvalue weighted by molar-refractivity contribution is 0.0691. The molecule has 0 aliphatic carbocycles. The molecule has 6 nitrogen and oxygen atoms in total. The van der Waals surface area contributed by atoms with Gasteiger partial charge in [-0.25, -0.2) is 4.79 Å². The number of ether oxygens (including phenoxy) is 2. The summed E-state index contributed by atoms with van der Waals surface area (Å²) in [5.74, 6) is -0.281. The minimum Gasteiger partial charge on any atom is -0.496 e. The Labute approximate surface area is 110 Å². The Bertz CT molecular complexity index is 592. The summed E-state index contributed by atoms with van der Waals surface area (Å²) in [6.07, 6.45) is 0. The van der Waals surface area contributed by atoms with E-state index in [0.717, 1.165) is 0 Å². The Kier molecular flexibility index (Phi) is 3.70. The minimum absolute atomic E-state index is 0.0204. The fraction of sp³-hybridized carbons (Fsp3) is 0.231. The van der Waals surface area contributed by atoms with Crippen molar-refractivity contribution in [2.24, 2.45) is 0 Å². The van der Waals surface area contributed by atoms with Crippen molar-refractivity contribution in [1.82, 2.24) is 10.2 Å². The van der Waals surface area contributed by atoms with Crippen molar-refractivity contribution in [3.8, 4) is 22.8 Å². The highest BCUT2D eigenvalue weighted by Gasteiger charge is 2.23. The number of hydrogen-bond acceptors (Lipinski definition) is 4. The second-order valence-corrected chi connectivity index (χ2v) is 3.72. The number of carboxylic acids is 1. The quantitative estimate of drug-likeness (QED) is 0.862. The van der Waals surface area contributed by atoms with E-state index in [-0.39, 0.29) is 11.6 Å². The second-order valence-electron chi connectivity index (χ2n) is 3.72. The van der Waals surface area contributed by atoms with Crippen molar-refractivity contribution >= 4 is 5.97 Å². The molecule has 0 amide bonds. The molecule has 1 heterocycles. The summed E-state index contributed by atoms with van der Waals surface area (Å²) in [5, 5.41) is 15.6. The van der Waals surface area contributed by atoms with E-state index in [1.54, 1.807) is 25.1 Å². The number of H-pyrrole nitrogens is 1. The van der Waals surface area contributed by atoms with Gasteiger partial charge < -0.3 is 14.6 Å². The molecule has 100 valence electrons. The lowest BCUT2D eigenvalue weighted by atomic mass is 10.0. The van der Waals surface area contributed by atoms with E-state index in [1.165, 1.54) is 7.11 Å². The number of aromatic nitrogens is 2. The van der Waals surface area contributed by atoms with Gasteiger partial charge in [-0.15, -0.1) is 5.10 Å². The van der Waals surface area contributed by atoms with Crippen LogP contribution in [0.2, 0.25) is 0 Å². The predicted octanol–water partition coefficient (Wildman–Crippen LogP) is 2.18. The number of para-hydroxylation sites is 1. The highest BCUT2D eigenvalue weighted by atomic mass is 16.5. The molecule has 6 heteroatoms. The molecule has 0 unspecified atom stereocenters. The van der Waals surface area contributed by atoms with Crippen molar-refractivity contribution < 1.29 is 19.4 Å². The van der Waals surface area contributed by atoms with Gasteiger partial charge >= 0.3 is 5.97 Å². The van der Waals surface area contributed by atoms with Crippen LogP contribution in [0, 0.1) is 0 Å². The van der Waals surface area contributed by atoms with Gasteiger partial charge in [-0.05, 0) is 13.0 Å². The molecule has 2 aromatic rings. The van der Waals surface area contributed by atoms with Crippen LogP contribution in [0.5, 0.6) is 11.6 Å². The number of carboxylic acid groups (broad SMARTS) is 1. The zero-order valence-electron chi connectivity index (χ0n) is 10.6. The third-order valence-corrected chi connectivity index (χ3v) is 2.60. The number of benzene rings is 1. The number of aromatic amines is 1. The maximum atomic E-state index is 11.2. The van der Waals surface area contributed by atoms with E-state index < -0.39 is 5.97 Å². The summed E-state index contributed by atoms with van der Waals surface area (Å²) in [5.41, 5.74) is 0.999. The molecular formula is C13H14N2O4. The maximum Gasteiger partial charge on any atom is 0.354 e. The SMILES string of the molecule is CCOc1n[nH]c(C(=O)O)c1-c1ccccc1OC. The summed E-state index contributed by atoms with van der Waals surface area (Å²) in [6, 6.07) is 7.12. The van der Waals surface area contributed by atoms with E-state index in [2.05, 4.69) is 10.2 Å². The number of rotatable bonds is 5. The number of aromatic carboxylic acids is 1. The highest BCUT2D eigenvalue weighted by Crippen LogP contribution is 2.37. The van der Waals surface area contributed by atoms with Gasteiger partial charge in [0.15, 0.2) is 5.69 Å². The largest absolute Gasteiger partial charge is 0.496 e. The van der Waals surface area contributed by atoms with E-state index in [0.29, 0.717) is 23.5 Å². The molecule has 0 atom stereocenters. The average Bonchev–Trinajstić information content (AvgIpc) is 2.83. The minimum atomic E-state index is -1.10. The zero-order chi connectivity index (χ0) is 13.8. The number of nitrogens with zero attached hydrogens (tertiary/aromatic N) is 1. The molecule has 0 saturated heterocycles. The first kappa shape index (κ1) is 12.9. The lowest BCUT2D eigenvalue weighted by Gasteiger charge is -2.09. The van der Waals surface area contributed by atoms with Crippen molar-refractivity contribution in [3.05, 3.63) is 30.0 Å². The fourth-order valence-electron chi connectivity index (χ4n) is 1.82. The summed E-state index contributed by atoms with van der Waals surface area (Å²) in [7, 11) is 1.53. The number of carbonyl (C=O) groups is 1. The van der Waals surface area contributed by atoms with Crippen LogP contribution in [0.25, 0.3) is 11.1 Å². The van der Waals surface area contributed by atoms with Crippen LogP contribution in [0.4, 0.5) is 0 Å². The molecule has 0 fully saturated rings. The van der Waals surface area contributed by atoms with Gasteiger partial charge in [-0.2, -0.15) is 0 Å².